The maximum absolute atomic E-state index is 13.8. The van der Waals surface area contributed by atoms with Gasteiger partial charge < -0.3 is 28.8 Å². The van der Waals surface area contributed by atoms with Gasteiger partial charge in [0.1, 0.15) is 37.1 Å². The third-order valence-corrected chi connectivity index (χ3v) is 8.73. The number of amides is 1. The first-order valence-corrected chi connectivity index (χ1v) is 16.0. The van der Waals surface area contributed by atoms with Crippen molar-refractivity contribution in [3.8, 4) is 23.0 Å². The molecule has 1 amide bonds. The summed E-state index contributed by atoms with van der Waals surface area (Å²) in [6, 6.07) is 18.3. The zero-order valence-corrected chi connectivity index (χ0v) is 27.1. The van der Waals surface area contributed by atoms with Crippen molar-refractivity contribution in [2.75, 3.05) is 31.3 Å². The molecule has 0 unspecified atom stereocenters. The van der Waals surface area contributed by atoms with E-state index in [1.807, 2.05) is 37.3 Å². The topological polar surface area (TPSA) is 134 Å². The molecule has 11 nitrogen and oxygen atoms in total. The van der Waals surface area contributed by atoms with E-state index in [1.54, 1.807) is 43.3 Å². The SMILES string of the molecule is C=CCOC(=O)c1sc(N2C(=O)C(=O)C(=C(O)c3ccc4c(c3)OCCO4)[C@@H]2c2ccc(OCc3ccccc3)c(OCC)c2)nc1C. The van der Waals surface area contributed by atoms with Crippen molar-refractivity contribution in [2.45, 2.75) is 26.5 Å². The van der Waals surface area contributed by atoms with Crippen molar-refractivity contribution in [1.29, 1.82) is 0 Å². The molecule has 48 heavy (non-hydrogen) atoms. The molecule has 0 bridgehead atoms. The van der Waals surface area contributed by atoms with E-state index in [0.717, 1.165) is 16.9 Å². The third-order valence-electron chi connectivity index (χ3n) is 7.59. The molecule has 3 aromatic carbocycles. The van der Waals surface area contributed by atoms with Crippen molar-refractivity contribution < 1.29 is 43.2 Å². The second-order valence-electron chi connectivity index (χ2n) is 10.7. The third kappa shape index (κ3) is 6.34. The molecule has 0 saturated carbocycles. The number of aliphatic hydroxyl groups is 1. The Morgan fingerprint density at radius 1 is 1.04 bits per heavy atom. The normalized spacial score (nSPS) is 16.5. The molecule has 2 aliphatic rings. The Balaban J connectivity index is 1.47. The molecule has 0 aliphatic carbocycles. The number of Topliss-reactive ketones (excluding diaryl/α,β-unsaturated/α-hetero) is 1. The molecule has 0 radical (unpaired) electrons. The Morgan fingerprint density at radius 3 is 2.56 bits per heavy atom. The number of thiazole rings is 1. The number of anilines is 1. The highest BCUT2D eigenvalue weighted by molar-refractivity contribution is 7.17. The van der Waals surface area contributed by atoms with Gasteiger partial charge in [0.25, 0.3) is 5.78 Å². The van der Waals surface area contributed by atoms with Gasteiger partial charge >= 0.3 is 11.9 Å². The molecule has 6 rings (SSSR count). The standard InChI is InChI=1S/C36H32N2O9S/c1-4-15-46-35(42)33-21(3)37-36(48-33)38-30(23-11-13-26(27(18-23)43-5-2)47-20-22-9-7-6-8-10-22)29(32(40)34(38)41)31(39)24-12-14-25-28(19-24)45-17-16-44-25/h4,6-14,18-19,30,39H,1,5,15-17,20H2,2-3H3/t30-/m0/s1. The number of aryl methyl sites for hydroxylation is 1. The summed E-state index contributed by atoms with van der Waals surface area (Å²) in [5.41, 5.74) is 1.78. The van der Waals surface area contributed by atoms with Crippen LogP contribution in [0.25, 0.3) is 5.76 Å². The molecule has 4 aromatic rings. The average molecular weight is 669 g/mol. The Morgan fingerprint density at radius 2 is 1.81 bits per heavy atom. The zero-order valence-electron chi connectivity index (χ0n) is 26.3. The zero-order chi connectivity index (χ0) is 33.8. The number of hydrogen-bond donors (Lipinski definition) is 1. The molecule has 3 heterocycles. The summed E-state index contributed by atoms with van der Waals surface area (Å²) in [5, 5.41) is 11.8. The average Bonchev–Trinajstić information content (AvgIpc) is 3.62. The van der Waals surface area contributed by atoms with Gasteiger partial charge in [0, 0.05) is 5.56 Å². The quantitative estimate of drug-likeness (QED) is 0.0650. The van der Waals surface area contributed by atoms with Gasteiger partial charge in [0.2, 0.25) is 0 Å². The molecule has 1 fully saturated rings. The summed E-state index contributed by atoms with van der Waals surface area (Å²) in [5.74, 6) is -1.20. The Hall–Kier alpha value is -5.62. The van der Waals surface area contributed by atoms with Crippen LogP contribution in [0.1, 0.15) is 45.0 Å². The van der Waals surface area contributed by atoms with E-state index in [1.165, 1.54) is 11.0 Å². The summed E-state index contributed by atoms with van der Waals surface area (Å²) in [6.45, 7) is 8.28. The fourth-order valence-corrected chi connectivity index (χ4v) is 6.37. The van der Waals surface area contributed by atoms with Gasteiger partial charge in [-0.2, -0.15) is 0 Å². The van der Waals surface area contributed by atoms with Crippen LogP contribution in [-0.2, 0) is 20.9 Å². The number of rotatable bonds is 11. The molecule has 1 N–H and O–H groups in total. The Bertz CT molecular complexity index is 1920. The van der Waals surface area contributed by atoms with Crippen molar-refractivity contribution in [3.63, 3.8) is 0 Å². The molecule has 0 spiro atoms. The Kier molecular flexibility index (Phi) is 9.44. The molecule has 2 aliphatic heterocycles. The number of benzene rings is 3. The second kappa shape index (κ2) is 14.0. The van der Waals surface area contributed by atoms with Gasteiger partial charge in [-0.05, 0) is 55.3 Å². The number of fused-ring (bicyclic) bond motifs is 1. The van der Waals surface area contributed by atoms with Gasteiger partial charge in [-0.3, -0.25) is 14.5 Å². The second-order valence-corrected chi connectivity index (χ2v) is 11.7. The molecular formula is C36H32N2O9S. The number of nitrogens with zero attached hydrogens (tertiary/aromatic N) is 2. The van der Waals surface area contributed by atoms with Gasteiger partial charge in [-0.15, -0.1) is 0 Å². The van der Waals surface area contributed by atoms with Crippen molar-refractivity contribution in [3.05, 3.63) is 112 Å². The number of carbonyl (C=O) groups excluding carboxylic acids is 3. The molecular weight excluding hydrogens is 636 g/mol. The fraction of sp³-hybridized carbons (Fsp3) is 0.222. The van der Waals surface area contributed by atoms with E-state index in [0.29, 0.717) is 54.1 Å². The lowest BCUT2D eigenvalue weighted by molar-refractivity contribution is -0.132. The number of ketones is 1. The predicted molar refractivity (Wildman–Crippen MR) is 178 cm³/mol. The monoisotopic (exact) mass is 668 g/mol. The van der Waals surface area contributed by atoms with Crippen LogP contribution in [0, 0.1) is 6.92 Å². The van der Waals surface area contributed by atoms with Gasteiger partial charge in [0.05, 0.1) is 23.9 Å². The molecule has 1 atom stereocenters. The number of aliphatic hydroxyl groups excluding tert-OH is 1. The first kappa shape index (κ1) is 32.3. The summed E-state index contributed by atoms with van der Waals surface area (Å²) in [7, 11) is 0. The van der Waals surface area contributed by atoms with E-state index < -0.39 is 29.5 Å². The number of esters is 1. The number of ether oxygens (including phenoxy) is 5. The van der Waals surface area contributed by atoms with E-state index in [4.69, 9.17) is 23.7 Å². The summed E-state index contributed by atoms with van der Waals surface area (Å²) < 4.78 is 28.6. The highest BCUT2D eigenvalue weighted by atomic mass is 32.1. The smallest absolute Gasteiger partial charge is 0.350 e. The van der Waals surface area contributed by atoms with Crippen LogP contribution in [0.15, 0.2) is 85.0 Å². The molecule has 246 valence electrons. The van der Waals surface area contributed by atoms with Gasteiger partial charge in [-0.25, -0.2) is 9.78 Å². The molecule has 1 aromatic heterocycles. The summed E-state index contributed by atoms with van der Waals surface area (Å²) in [4.78, 5) is 46.3. The lowest BCUT2D eigenvalue weighted by atomic mass is 9.95. The highest BCUT2D eigenvalue weighted by Crippen LogP contribution is 2.46. The Labute approximate surface area is 280 Å². The van der Waals surface area contributed by atoms with Crippen LogP contribution in [0.5, 0.6) is 23.0 Å². The first-order valence-electron chi connectivity index (χ1n) is 15.2. The predicted octanol–water partition coefficient (Wildman–Crippen LogP) is 6.17. The van der Waals surface area contributed by atoms with Crippen molar-refractivity contribution in [2.24, 2.45) is 0 Å². The largest absolute Gasteiger partial charge is 0.507 e. The summed E-state index contributed by atoms with van der Waals surface area (Å²) in [6.07, 6.45) is 1.44. The van der Waals surface area contributed by atoms with Crippen molar-refractivity contribution >= 4 is 39.9 Å². The maximum atomic E-state index is 13.8. The maximum Gasteiger partial charge on any atom is 0.350 e. The number of carbonyl (C=O) groups is 3. The van der Waals surface area contributed by atoms with E-state index in [2.05, 4.69) is 11.6 Å². The first-order chi connectivity index (χ1) is 23.3. The number of aromatic nitrogens is 1. The number of hydrogen-bond acceptors (Lipinski definition) is 11. The minimum absolute atomic E-state index is 0.00947. The van der Waals surface area contributed by atoms with Gasteiger partial charge in [-0.1, -0.05) is 60.4 Å². The van der Waals surface area contributed by atoms with Crippen molar-refractivity contribution in [1.82, 2.24) is 4.98 Å². The van der Waals surface area contributed by atoms with E-state index >= 15 is 0 Å². The van der Waals surface area contributed by atoms with Crippen LogP contribution < -0.4 is 23.8 Å². The van der Waals surface area contributed by atoms with Crippen LogP contribution in [0.3, 0.4) is 0 Å². The summed E-state index contributed by atoms with van der Waals surface area (Å²) >= 11 is 0.907. The van der Waals surface area contributed by atoms with Crippen LogP contribution in [0.4, 0.5) is 5.13 Å². The van der Waals surface area contributed by atoms with Crippen LogP contribution in [0.2, 0.25) is 0 Å². The lowest BCUT2D eigenvalue weighted by Gasteiger charge is -2.24. The molecule has 1 saturated heterocycles. The highest BCUT2D eigenvalue weighted by Gasteiger charge is 2.49. The van der Waals surface area contributed by atoms with E-state index in [-0.39, 0.29) is 34.4 Å². The minimum Gasteiger partial charge on any atom is -0.507 e. The van der Waals surface area contributed by atoms with E-state index in [9.17, 15) is 19.5 Å². The lowest BCUT2D eigenvalue weighted by Crippen LogP contribution is -2.29. The fourth-order valence-electron chi connectivity index (χ4n) is 5.38. The minimum atomic E-state index is -1.15. The molecule has 12 heteroatoms. The van der Waals surface area contributed by atoms with Crippen LogP contribution in [-0.4, -0.2) is 54.2 Å². The van der Waals surface area contributed by atoms with Gasteiger partial charge in [0.15, 0.2) is 28.1 Å². The van der Waals surface area contributed by atoms with Crippen LogP contribution >= 0.6 is 11.3 Å².